The lowest BCUT2D eigenvalue weighted by Gasteiger charge is -2.17. The van der Waals surface area contributed by atoms with Crippen molar-refractivity contribution in [1.29, 1.82) is 0 Å². The van der Waals surface area contributed by atoms with Crippen LogP contribution in [0, 0.1) is 10.2 Å². The Balaban J connectivity index is 0. The molecular formula is C10H21ClN3O4+. The summed E-state index contributed by atoms with van der Waals surface area (Å²) < 4.78 is 38.0. The predicted octanol–water partition coefficient (Wildman–Crippen LogP) is -4.64. The van der Waals surface area contributed by atoms with E-state index in [9.17, 15) is 0 Å². The SMILES string of the molecule is CN(C)C=C(C=[N+](C)C)C=[N+](C)C.[O-][Cl+3]([O-])([O-])[O-]. The first-order chi connectivity index (χ1) is 7.91. The summed E-state index contributed by atoms with van der Waals surface area (Å²) in [6, 6.07) is 0. The number of halogens is 1. The van der Waals surface area contributed by atoms with E-state index in [0.29, 0.717) is 0 Å². The second-order valence-corrected chi connectivity index (χ2v) is 4.91. The highest BCUT2D eigenvalue weighted by atomic mass is 35.7. The zero-order valence-electron chi connectivity index (χ0n) is 11.6. The summed E-state index contributed by atoms with van der Waals surface area (Å²) in [4.78, 5) is 2.04. The van der Waals surface area contributed by atoms with Crippen molar-refractivity contribution in [2.24, 2.45) is 0 Å². The van der Waals surface area contributed by atoms with Crippen LogP contribution in [0.15, 0.2) is 11.8 Å². The Bertz CT molecular complexity index is 299. The second-order valence-electron chi connectivity index (χ2n) is 4.16. The molecule has 18 heavy (non-hydrogen) atoms. The fourth-order valence-corrected chi connectivity index (χ4v) is 0.994. The fourth-order valence-electron chi connectivity index (χ4n) is 0.994. The van der Waals surface area contributed by atoms with Crippen LogP contribution in [-0.2, 0) is 0 Å². The third-order valence-corrected chi connectivity index (χ3v) is 1.22. The molecule has 0 aliphatic carbocycles. The highest BCUT2D eigenvalue weighted by Crippen LogP contribution is 1.87. The van der Waals surface area contributed by atoms with Crippen LogP contribution in [-0.4, -0.2) is 68.8 Å². The maximum Gasteiger partial charge on any atom is 0.177 e. The van der Waals surface area contributed by atoms with Gasteiger partial charge in [0, 0.05) is 20.3 Å². The molecule has 106 valence electrons. The van der Waals surface area contributed by atoms with Crippen LogP contribution in [0.1, 0.15) is 0 Å². The topological polar surface area (TPSA) is 102 Å². The molecule has 0 aromatic carbocycles. The molecule has 0 saturated carbocycles. The molecular weight excluding hydrogens is 262 g/mol. The molecule has 0 heterocycles. The van der Waals surface area contributed by atoms with E-state index in [2.05, 4.69) is 18.6 Å². The van der Waals surface area contributed by atoms with Gasteiger partial charge in [-0.1, -0.05) is 0 Å². The van der Waals surface area contributed by atoms with Gasteiger partial charge in [-0.25, -0.2) is 27.8 Å². The van der Waals surface area contributed by atoms with Gasteiger partial charge in [0.2, 0.25) is 0 Å². The molecule has 0 amide bonds. The Labute approximate surface area is 110 Å². The van der Waals surface area contributed by atoms with Crippen LogP contribution < -0.4 is 18.6 Å². The Morgan fingerprint density at radius 3 is 1.33 bits per heavy atom. The number of hydrogen-bond donors (Lipinski definition) is 0. The monoisotopic (exact) mass is 282 g/mol. The van der Waals surface area contributed by atoms with Gasteiger partial charge in [0.05, 0.1) is 0 Å². The smallest absolute Gasteiger partial charge is 0.177 e. The minimum atomic E-state index is -4.94. The van der Waals surface area contributed by atoms with E-state index >= 15 is 0 Å². The molecule has 8 heteroatoms. The molecule has 0 spiro atoms. The maximum atomic E-state index is 8.49. The van der Waals surface area contributed by atoms with Crippen molar-refractivity contribution in [3.05, 3.63) is 11.8 Å². The fraction of sp³-hybridized carbons (Fsp3) is 0.600. The van der Waals surface area contributed by atoms with Crippen molar-refractivity contribution in [2.75, 3.05) is 42.3 Å². The molecule has 0 bridgehead atoms. The zero-order valence-corrected chi connectivity index (χ0v) is 12.3. The quantitative estimate of drug-likeness (QED) is 0.383. The van der Waals surface area contributed by atoms with E-state index in [4.69, 9.17) is 18.6 Å². The highest BCUT2D eigenvalue weighted by Gasteiger charge is 1.99. The molecule has 0 N–H and O–H groups in total. The normalized spacial score (nSPS) is 9.67. The summed E-state index contributed by atoms with van der Waals surface area (Å²) in [6.07, 6.45) is 6.25. The molecule has 0 aromatic rings. The van der Waals surface area contributed by atoms with Crippen molar-refractivity contribution in [2.45, 2.75) is 0 Å². The lowest BCUT2D eigenvalue weighted by Crippen LogP contribution is -2.68. The van der Waals surface area contributed by atoms with Crippen LogP contribution in [0.4, 0.5) is 0 Å². The van der Waals surface area contributed by atoms with E-state index in [1.54, 1.807) is 0 Å². The van der Waals surface area contributed by atoms with E-state index in [1.165, 1.54) is 5.57 Å². The third-order valence-electron chi connectivity index (χ3n) is 1.22. The summed E-state index contributed by atoms with van der Waals surface area (Å²) in [5.74, 6) is 0. The van der Waals surface area contributed by atoms with Crippen LogP contribution in [0.2, 0.25) is 0 Å². The van der Waals surface area contributed by atoms with E-state index < -0.39 is 10.2 Å². The van der Waals surface area contributed by atoms with Gasteiger partial charge >= 0.3 is 0 Å². The molecule has 0 atom stereocenters. The Hall–Kier alpha value is -0.990. The van der Waals surface area contributed by atoms with Crippen molar-refractivity contribution in [3.63, 3.8) is 0 Å². The highest BCUT2D eigenvalue weighted by molar-refractivity contribution is 5.99. The molecule has 0 fully saturated rings. The van der Waals surface area contributed by atoms with Gasteiger partial charge in [-0.2, -0.15) is 0 Å². The molecule has 0 rings (SSSR count). The van der Waals surface area contributed by atoms with Gasteiger partial charge < -0.3 is 4.90 Å². The molecule has 0 aliphatic rings. The van der Waals surface area contributed by atoms with Gasteiger partial charge in [-0.15, -0.1) is 10.2 Å². The van der Waals surface area contributed by atoms with Gasteiger partial charge in [0.25, 0.3) is 0 Å². The standard InChI is InChI=1S/C10H21N3.ClHO4/c1-11(2)7-10(8-12(3)4)9-13(5)6;2-1(3,4)5/h7-9H,1-6H3;(H,2,3,4,5)/q+2;/p-1. The Morgan fingerprint density at radius 1 is 0.889 bits per heavy atom. The lowest BCUT2D eigenvalue weighted by molar-refractivity contribution is -2.00. The molecule has 0 saturated heterocycles. The molecule has 0 aromatic heterocycles. The van der Waals surface area contributed by atoms with Crippen molar-refractivity contribution >= 4 is 12.4 Å². The van der Waals surface area contributed by atoms with Gasteiger partial charge in [0.15, 0.2) is 12.4 Å². The minimum absolute atomic E-state index is 1.18. The molecule has 0 unspecified atom stereocenters. The lowest BCUT2D eigenvalue weighted by atomic mass is 10.3. The molecule has 7 nitrogen and oxygen atoms in total. The Kier molecular flexibility index (Phi) is 9.69. The second kappa shape index (κ2) is 9.01. The first-order valence-electron chi connectivity index (χ1n) is 4.94. The predicted molar refractivity (Wildman–Crippen MR) is 58.1 cm³/mol. The van der Waals surface area contributed by atoms with Crippen LogP contribution in [0.25, 0.3) is 0 Å². The summed E-state index contributed by atoms with van der Waals surface area (Å²) in [5, 5.41) is 0. The summed E-state index contributed by atoms with van der Waals surface area (Å²) in [6.45, 7) is 0. The van der Waals surface area contributed by atoms with Crippen molar-refractivity contribution in [1.82, 2.24) is 4.90 Å². The number of rotatable bonds is 3. The maximum absolute atomic E-state index is 8.49. The minimum Gasteiger partial charge on any atom is -0.383 e. The average molecular weight is 283 g/mol. The molecule has 0 radical (unpaired) electrons. The number of nitrogens with zero attached hydrogens (tertiary/aromatic N) is 3. The van der Waals surface area contributed by atoms with Gasteiger partial charge in [-0.05, 0) is 0 Å². The van der Waals surface area contributed by atoms with Gasteiger partial charge in [0.1, 0.15) is 33.8 Å². The van der Waals surface area contributed by atoms with E-state index in [0.717, 1.165) is 0 Å². The Morgan fingerprint density at radius 2 is 1.17 bits per heavy atom. The van der Waals surface area contributed by atoms with E-state index in [1.807, 2.05) is 56.3 Å². The molecule has 0 aliphatic heterocycles. The van der Waals surface area contributed by atoms with E-state index in [-0.39, 0.29) is 0 Å². The average Bonchev–Trinajstić information content (AvgIpc) is 1.94. The van der Waals surface area contributed by atoms with Crippen LogP contribution >= 0.6 is 0 Å². The third kappa shape index (κ3) is 24.3. The van der Waals surface area contributed by atoms with Gasteiger partial charge in [-0.3, -0.25) is 0 Å². The van der Waals surface area contributed by atoms with Crippen molar-refractivity contribution < 1.29 is 38.0 Å². The summed E-state index contributed by atoms with van der Waals surface area (Å²) in [5.41, 5.74) is 1.18. The first-order valence-corrected chi connectivity index (χ1v) is 6.18. The number of hydrogen-bond acceptors (Lipinski definition) is 5. The first kappa shape index (κ1) is 19.4. The van der Waals surface area contributed by atoms with Crippen molar-refractivity contribution in [3.8, 4) is 0 Å². The summed E-state index contributed by atoms with van der Waals surface area (Å²) in [7, 11) is 7.18. The largest absolute Gasteiger partial charge is 0.383 e. The van der Waals surface area contributed by atoms with Crippen LogP contribution in [0.5, 0.6) is 0 Å². The number of allylic oxidation sites excluding steroid dienone is 1. The van der Waals surface area contributed by atoms with Crippen LogP contribution in [0.3, 0.4) is 0 Å². The summed E-state index contributed by atoms with van der Waals surface area (Å²) >= 11 is 0. The zero-order chi connectivity index (χ0) is 14.9.